The Morgan fingerprint density at radius 3 is 2.19 bits per heavy atom. The first-order valence-corrected chi connectivity index (χ1v) is 8.29. The van der Waals surface area contributed by atoms with E-state index in [0.717, 1.165) is 17.4 Å². The van der Waals surface area contributed by atoms with E-state index in [9.17, 15) is 13.2 Å². The lowest BCUT2D eigenvalue weighted by Crippen LogP contribution is -2.28. The minimum atomic E-state index is -4.54. The number of aromatic nitrogens is 2. The average molecular weight is 383 g/mol. The molecule has 0 aliphatic heterocycles. The largest absolute Gasteiger partial charge is 0.497 e. The van der Waals surface area contributed by atoms with Crippen LogP contribution in [0, 0.1) is 0 Å². The topological polar surface area (TPSA) is 53.5 Å². The fraction of sp³-hybridized carbons (Fsp3) is 0.444. The molecule has 0 spiro atoms. The maximum atomic E-state index is 13.1. The smallest absolute Gasteiger partial charge is 0.433 e. The van der Waals surface area contributed by atoms with Crippen molar-refractivity contribution in [3.8, 4) is 5.75 Å². The first-order chi connectivity index (χ1) is 12.6. The summed E-state index contributed by atoms with van der Waals surface area (Å²) in [4.78, 5) is 11.3. The van der Waals surface area contributed by atoms with Gasteiger partial charge < -0.3 is 19.9 Å². The normalized spacial score (nSPS) is 12.8. The van der Waals surface area contributed by atoms with E-state index >= 15 is 0 Å². The fourth-order valence-corrected chi connectivity index (χ4v) is 2.50. The zero-order chi connectivity index (χ0) is 20.2. The Bertz CT molecular complexity index is 748. The van der Waals surface area contributed by atoms with E-state index in [-0.39, 0.29) is 17.8 Å². The van der Waals surface area contributed by atoms with E-state index in [2.05, 4.69) is 15.3 Å². The summed E-state index contributed by atoms with van der Waals surface area (Å²) >= 11 is 0. The van der Waals surface area contributed by atoms with E-state index in [1.807, 2.05) is 43.3 Å². The van der Waals surface area contributed by atoms with Gasteiger partial charge in [0.2, 0.25) is 5.95 Å². The first-order valence-electron chi connectivity index (χ1n) is 8.29. The van der Waals surface area contributed by atoms with Crippen molar-refractivity contribution in [2.75, 3.05) is 52.1 Å². The summed E-state index contributed by atoms with van der Waals surface area (Å²) in [7, 11) is 8.65. The van der Waals surface area contributed by atoms with E-state index in [0.29, 0.717) is 6.54 Å². The van der Waals surface area contributed by atoms with Crippen LogP contribution in [0.3, 0.4) is 0 Å². The number of alkyl halides is 3. The predicted octanol–water partition coefficient (Wildman–Crippen LogP) is 3.28. The lowest BCUT2D eigenvalue weighted by Gasteiger charge is -2.25. The van der Waals surface area contributed by atoms with Crippen molar-refractivity contribution >= 4 is 11.8 Å². The SMILES string of the molecule is COc1ccc(C(CNc2nc(N(C)C)cc(C(F)(F)F)n2)N(C)C)cc1. The van der Waals surface area contributed by atoms with Gasteiger partial charge >= 0.3 is 6.18 Å². The molecule has 2 aromatic rings. The maximum absolute atomic E-state index is 13.1. The van der Waals surface area contributed by atoms with Crippen LogP contribution in [0.25, 0.3) is 0 Å². The van der Waals surface area contributed by atoms with E-state index in [4.69, 9.17) is 4.74 Å². The van der Waals surface area contributed by atoms with Gasteiger partial charge in [-0.3, -0.25) is 0 Å². The highest BCUT2D eigenvalue weighted by atomic mass is 19.4. The number of methoxy groups -OCH3 is 1. The van der Waals surface area contributed by atoms with Gasteiger partial charge in [0.05, 0.1) is 13.2 Å². The summed E-state index contributed by atoms with van der Waals surface area (Å²) in [5.74, 6) is 0.862. The molecule has 148 valence electrons. The minimum absolute atomic E-state index is 0.0612. The molecule has 27 heavy (non-hydrogen) atoms. The van der Waals surface area contributed by atoms with Gasteiger partial charge in [0.25, 0.3) is 0 Å². The van der Waals surface area contributed by atoms with Crippen molar-refractivity contribution in [3.63, 3.8) is 0 Å². The summed E-state index contributed by atoms with van der Waals surface area (Å²) in [5.41, 5.74) is 0.0164. The van der Waals surface area contributed by atoms with Gasteiger partial charge in [0.15, 0.2) is 5.69 Å². The van der Waals surface area contributed by atoms with Gasteiger partial charge in [-0.15, -0.1) is 0 Å². The third-order valence-corrected chi connectivity index (χ3v) is 4.04. The number of benzene rings is 1. The molecular formula is C18H24F3N5O. The Morgan fingerprint density at radius 2 is 1.70 bits per heavy atom. The number of nitrogens with zero attached hydrogens (tertiary/aromatic N) is 4. The molecular weight excluding hydrogens is 359 g/mol. The second-order valence-corrected chi connectivity index (χ2v) is 6.46. The molecule has 9 heteroatoms. The Morgan fingerprint density at radius 1 is 1.07 bits per heavy atom. The van der Waals surface area contributed by atoms with E-state index in [1.165, 1.54) is 4.90 Å². The van der Waals surface area contributed by atoms with Crippen LogP contribution in [-0.4, -0.2) is 56.7 Å². The number of likely N-dealkylation sites (N-methyl/N-ethyl adjacent to an activating group) is 1. The predicted molar refractivity (Wildman–Crippen MR) is 99.3 cm³/mol. The molecule has 1 aromatic carbocycles. The molecule has 6 nitrogen and oxygen atoms in total. The number of rotatable bonds is 7. The second-order valence-electron chi connectivity index (χ2n) is 6.46. The molecule has 2 rings (SSSR count). The average Bonchev–Trinajstić information content (AvgIpc) is 2.61. The van der Waals surface area contributed by atoms with E-state index < -0.39 is 11.9 Å². The van der Waals surface area contributed by atoms with Crippen molar-refractivity contribution < 1.29 is 17.9 Å². The Kier molecular flexibility index (Phi) is 6.48. The number of ether oxygens (including phenoxy) is 1. The molecule has 1 unspecified atom stereocenters. The number of hydrogen-bond donors (Lipinski definition) is 1. The molecule has 1 aromatic heterocycles. The minimum Gasteiger partial charge on any atom is -0.497 e. The summed E-state index contributed by atoms with van der Waals surface area (Å²) in [5, 5.41) is 2.94. The standard InChI is InChI=1S/C18H24F3N5O/c1-25(2)14(12-6-8-13(27-5)9-7-12)11-22-17-23-15(18(19,20)21)10-16(24-17)26(3)4/h6-10,14H,11H2,1-5H3,(H,22,23,24). The third-order valence-electron chi connectivity index (χ3n) is 4.04. The third kappa shape index (κ3) is 5.46. The van der Waals surface area contributed by atoms with Crippen LogP contribution in [0.15, 0.2) is 30.3 Å². The van der Waals surface area contributed by atoms with Crippen LogP contribution in [0.1, 0.15) is 17.3 Å². The van der Waals surface area contributed by atoms with Gasteiger partial charge in [0.1, 0.15) is 11.6 Å². The summed E-state index contributed by atoms with van der Waals surface area (Å²) in [6.07, 6.45) is -4.54. The van der Waals surface area contributed by atoms with Gasteiger partial charge in [-0.25, -0.2) is 4.98 Å². The van der Waals surface area contributed by atoms with Crippen LogP contribution in [0.5, 0.6) is 5.75 Å². The van der Waals surface area contributed by atoms with Crippen molar-refractivity contribution in [3.05, 3.63) is 41.6 Å². The van der Waals surface area contributed by atoms with Crippen LogP contribution in [0.2, 0.25) is 0 Å². The van der Waals surface area contributed by atoms with Crippen LogP contribution in [0.4, 0.5) is 24.9 Å². The number of halogens is 3. The highest BCUT2D eigenvalue weighted by molar-refractivity contribution is 5.44. The van der Waals surface area contributed by atoms with Crippen molar-refractivity contribution in [1.29, 1.82) is 0 Å². The Hall–Kier alpha value is -2.55. The molecule has 0 bridgehead atoms. The molecule has 1 heterocycles. The quantitative estimate of drug-likeness (QED) is 0.792. The zero-order valence-electron chi connectivity index (χ0n) is 16.0. The zero-order valence-corrected chi connectivity index (χ0v) is 16.0. The molecule has 0 aliphatic carbocycles. The molecule has 0 saturated carbocycles. The summed E-state index contributed by atoms with van der Waals surface area (Å²) in [6, 6.07) is 8.37. The van der Waals surface area contributed by atoms with Gasteiger partial charge in [-0.05, 0) is 31.8 Å². The number of nitrogens with one attached hydrogen (secondary N) is 1. The molecule has 1 N–H and O–H groups in total. The summed E-state index contributed by atoms with van der Waals surface area (Å²) in [6.45, 7) is 0.341. The van der Waals surface area contributed by atoms with Crippen molar-refractivity contribution in [2.45, 2.75) is 12.2 Å². The Balaban J connectivity index is 2.24. The van der Waals surface area contributed by atoms with Crippen molar-refractivity contribution in [1.82, 2.24) is 14.9 Å². The highest BCUT2D eigenvalue weighted by Crippen LogP contribution is 2.30. The van der Waals surface area contributed by atoms with Crippen molar-refractivity contribution in [2.24, 2.45) is 0 Å². The van der Waals surface area contributed by atoms with Crippen LogP contribution < -0.4 is 15.0 Å². The highest BCUT2D eigenvalue weighted by Gasteiger charge is 2.34. The van der Waals surface area contributed by atoms with Gasteiger partial charge in [-0.2, -0.15) is 18.2 Å². The van der Waals surface area contributed by atoms with Crippen LogP contribution >= 0.6 is 0 Å². The molecule has 0 saturated heterocycles. The molecule has 1 atom stereocenters. The Labute approximate surface area is 157 Å². The number of anilines is 2. The monoisotopic (exact) mass is 383 g/mol. The van der Waals surface area contributed by atoms with Gasteiger partial charge in [0, 0.05) is 26.7 Å². The lowest BCUT2D eigenvalue weighted by atomic mass is 10.1. The number of hydrogen-bond acceptors (Lipinski definition) is 6. The van der Waals surface area contributed by atoms with Gasteiger partial charge in [-0.1, -0.05) is 12.1 Å². The second kappa shape index (κ2) is 8.43. The molecule has 0 radical (unpaired) electrons. The summed E-state index contributed by atoms with van der Waals surface area (Å²) < 4.78 is 44.5. The lowest BCUT2D eigenvalue weighted by molar-refractivity contribution is -0.141. The maximum Gasteiger partial charge on any atom is 0.433 e. The van der Waals surface area contributed by atoms with Crippen LogP contribution in [-0.2, 0) is 6.18 Å². The molecule has 0 fully saturated rings. The first kappa shape index (κ1) is 20.8. The van der Waals surface area contributed by atoms with E-state index in [1.54, 1.807) is 21.2 Å². The fourth-order valence-electron chi connectivity index (χ4n) is 2.50. The molecule has 0 aliphatic rings. The molecule has 0 amide bonds.